The zero-order valence-corrected chi connectivity index (χ0v) is 22.7. The number of halogens is 1. The van der Waals surface area contributed by atoms with Crippen molar-refractivity contribution in [2.45, 2.75) is 39.4 Å². The Balaban J connectivity index is 1.51. The summed E-state index contributed by atoms with van der Waals surface area (Å²) in [6.45, 7) is 14.9. The molecule has 1 atom stereocenters. The van der Waals surface area contributed by atoms with Crippen LogP contribution in [-0.4, -0.2) is 48.1 Å². The van der Waals surface area contributed by atoms with Crippen LogP contribution in [0.25, 0.3) is 22.3 Å². The fraction of sp³-hybridized carbons (Fsp3) is 0.414. The van der Waals surface area contributed by atoms with Crippen LogP contribution in [0.3, 0.4) is 0 Å². The monoisotopic (exact) mass is 530 g/mol. The summed E-state index contributed by atoms with van der Waals surface area (Å²) in [7, 11) is 2.19. The number of hydrogen-bond donors (Lipinski definition) is 1. The average Bonchev–Trinajstić information content (AvgIpc) is 3.69. The SMILES string of the molecule is C=C(F)c1sc(N)c(C#N)c1C(=C)c1c2c(c3cnc(N4CCC5(CCN(C)C5)C4)nc3c1CC)COC2. The highest BCUT2D eigenvalue weighted by Gasteiger charge is 2.43. The molecule has 0 amide bonds. The molecule has 196 valence electrons. The third-order valence-electron chi connectivity index (χ3n) is 8.45. The molecule has 6 rings (SSSR count). The first-order valence-corrected chi connectivity index (χ1v) is 13.8. The number of ether oxygens (including phenoxy) is 1. The molecule has 2 saturated heterocycles. The third kappa shape index (κ3) is 3.74. The molecule has 0 aliphatic carbocycles. The zero-order chi connectivity index (χ0) is 26.8. The first-order chi connectivity index (χ1) is 18.3. The van der Waals surface area contributed by atoms with E-state index < -0.39 is 5.83 Å². The molecule has 3 aliphatic heterocycles. The lowest BCUT2D eigenvalue weighted by atomic mass is 9.85. The van der Waals surface area contributed by atoms with Crippen molar-refractivity contribution in [1.82, 2.24) is 14.9 Å². The van der Waals surface area contributed by atoms with Crippen LogP contribution in [0.15, 0.2) is 19.4 Å². The van der Waals surface area contributed by atoms with Gasteiger partial charge in [0.1, 0.15) is 16.9 Å². The molecule has 9 heteroatoms. The molecule has 2 fully saturated rings. The fourth-order valence-electron chi connectivity index (χ4n) is 6.64. The van der Waals surface area contributed by atoms with Gasteiger partial charge in [0.2, 0.25) is 5.95 Å². The molecule has 3 aliphatic rings. The Bertz CT molecular complexity index is 1560. The third-order valence-corrected chi connectivity index (χ3v) is 9.50. The molecule has 0 saturated carbocycles. The number of anilines is 2. The van der Waals surface area contributed by atoms with E-state index in [1.807, 2.05) is 6.20 Å². The Labute approximate surface area is 226 Å². The molecule has 2 N–H and O–H groups in total. The summed E-state index contributed by atoms with van der Waals surface area (Å²) in [6.07, 6.45) is 4.96. The summed E-state index contributed by atoms with van der Waals surface area (Å²) in [5.74, 6) is 0.112. The normalized spacial score (nSPS) is 20.9. The Kier molecular flexibility index (Phi) is 6.02. The van der Waals surface area contributed by atoms with Crippen LogP contribution in [0, 0.1) is 16.7 Å². The van der Waals surface area contributed by atoms with E-state index in [9.17, 15) is 9.65 Å². The van der Waals surface area contributed by atoms with Gasteiger partial charge in [-0.2, -0.15) is 5.26 Å². The molecular formula is C29H31FN6OS. The molecule has 1 unspecified atom stereocenters. The number of nitrogen functional groups attached to an aromatic ring is 1. The lowest BCUT2D eigenvalue weighted by Gasteiger charge is -2.24. The van der Waals surface area contributed by atoms with E-state index in [4.69, 9.17) is 20.4 Å². The Morgan fingerprint density at radius 2 is 2.00 bits per heavy atom. The maximum Gasteiger partial charge on any atom is 0.225 e. The number of hydrogen-bond acceptors (Lipinski definition) is 8. The molecular weight excluding hydrogens is 499 g/mol. The predicted octanol–water partition coefficient (Wildman–Crippen LogP) is 5.27. The lowest BCUT2D eigenvalue weighted by molar-refractivity contribution is 0.135. The second-order valence-corrected chi connectivity index (χ2v) is 11.8. The predicted molar refractivity (Wildman–Crippen MR) is 151 cm³/mol. The highest BCUT2D eigenvalue weighted by atomic mass is 32.1. The fourth-order valence-corrected chi connectivity index (χ4v) is 7.55. The van der Waals surface area contributed by atoms with E-state index in [1.54, 1.807) is 0 Å². The minimum absolute atomic E-state index is 0.232. The summed E-state index contributed by atoms with van der Waals surface area (Å²) < 4.78 is 20.4. The lowest BCUT2D eigenvalue weighted by Crippen LogP contribution is -2.30. The van der Waals surface area contributed by atoms with Crippen molar-refractivity contribution < 1.29 is 9.13 Å². The Hall–Kier alpha value is -3.32. The number of thiophene rings is 1. The molecule has 0 radical (unpaired) electrons. The number of benzene rings is 1. The Morgan fingerprint density at radius 1 is 1.24 bits per heavy atom. The van der Waals surface area contributed by atoms with Crippen LogP contribution < -0.4 is 10.6 Å². The van der Waals surface area contributed by atoms with Crippen LogP contribution in [0.5, 0.6) is 0 Å². The molecule has 38 heavy (non-hydrogen) atoms. The second kappa shape index (κ2) is 9.16. The number of fused-ring (bicyclic) bond motifs is 3. The number of nitrogens with two attached hydrogens (primary N) is 1. The number of nitriles is 1. The van der Waals surface area contributed by atoms with Gasteiger partial charge in [-0.15, -0.1) is 11.3 Å². The van der Waals surface area contributed by atoms with E-state index >= 15 is 0 Å². The van der Waals surface area contributed by atoms with Gasteiger partial charge in [-0.25, -0.2) is 14.4 Å². The minimum atomic E-state index is -0.629. The van der Waals surface area contributed by atoms with Gasteiger partial charge in [-0.05, 0) is 60.7 Å². The summed E-state index contributed by atoms with van der Waals surface area (Å²) in [5, 5.41) is 11.1. The van der Waals surface area contributed by atoms with E-state index in [-0.39, 0.29) is 15.4 Å². The summed E-state index contributed by atoms with van der Waals surface area (Å²) >= 11 is 1.03. The molecule has 2 aromatic heterocycles. The molecule has 1 aromatic carbocycles. The van der Waals surface area contributed by atoms with Crippen molar-refractivity contribution in [1.29, 1.82) is 5.26 Å². The number of aromatic nitrogens is 2. The first kappa shape index (κ1) is 25.0. The van der Waals surface area contributed by atoms with Crippen LogP contribution >= 0.6 is 11.3 Å². The van der Waals surface area contributed by atoms with E-state index in [0.717, 1.165) is 83.0 Å². The first-order valence-electron chi connectivity index (χ1n) is 13.0. The van der Waals surface area contributed by atoms with Crippen molar-refractivity contribution in [2.75, 3.05) is 43.9 Å². The van der Waals surface area contributed by atoms with Gasteiger partial charge in [0, 0.05) is 42.2 Å². The summed E-state index contributed by atoms with van der Waals surface area (Å²) in [6, 6.07) is 2.16. The van der Waals surface area contributed by atoms with Crippen LogP contribution in [0.1, 0.15) is 58.0 Å². The number of aryl methyl sites for hydroxylation is 1. The number of rotatable bonds is 5. The molecule has 1 spiro atoms. The maximum atomic E-state index is 14.5. The smallest absolute Gasteiger partial charge is 0.225 e. The summed E-state index contributed by atoms with van der Waals surface area (Å²) in [5.41, 5.74) is 12.4. The highest BCUT2D eigenvalue weighted by molar-refractivity contribution is 7.17. The van der Waals surface area contributed by atoms with Gasteiger partial charge in [0.05, 0.1) is 29.2 Å². The van der Waals surface area contributed by atoms with Crippen LogP contribution in [0.4, 0.5) is 15.3 Å². The number of nitrogens with zero attached hydrogens (tertiary/aromatic N) is 5. The van der Waals surface area contributed by atoms with Gasteiger partial charge in [0.25, 0.3) is 0 Å². The minimum Gasteiger partial charge on any atom is -0.389 e. The molecule has 3 aromatic rings. The van der Waals surface area contributed by atoms with E-state index in [0.29, 0.717) is 36.2 Å². The van der Waals surface area contributed by atoms with E-state index in [1.165, 1.54) is 6.42 Å². The van der Waals surface area contributed by atoms with Gasteiger partial charge in [-0.3, -0.25) is 0 Å². The van der Waals surface area contributed by atoms with Crippen LogP contribution in [-0.2, 0) is 24.4 Å². The largest absolute Gasteiger partial charge is 0.389 e. The second-order valence-electron chi connectivity index (χ2n) is 10.8. The standard InChI is InChI=1S/C29H31FN6OS/c1-5-18-23(16(2)24-19(10-31)27(32)38-26(24)17(3)30)22-13-37-12-21(22)20-11-33-28(34-25(18)20)36-9-7-29(15-36)6-8-35(4)14-29/h11H,2-3,5-9,12-15,32H2,1,4H3. The van der Waals surface area contributed by atoms with Crippen molar-refractivity contribution in [3.63, 3.8) is 0 Å². The average molecular weight is 531 g/mol. The van der Waals surface area contributed by atoms with Gasteiger partial charge in [-0.1, -0.05) is 20.1 Å². The van der Waals surface area contributed by atoms with Gasteiger partial charge >= 0.3 is 0 Å². The quantitative estimate of drug-likeness (QED) is 0.480. The van der Waals surface area contributed by atoms with Crippen molar-refractivity contribution in [3.05, 3.63) is 57.6 Å². The highest BCUT2D eigenvalue weighted by Crippen LogP contribution is 2.46. The summed E-state index contributed by atoms with van der Waals surface area (Å²) in [4.78, 5) is 14.9. The van der Waals surface area contributed by atoms with Crippen molar-refractivity contribution in [3.8, 4) is 6.07 Å². The van der Waals surface area contributed by atoms with Crippen LogP contribution in [0.2, 0.25) is 0 Å². The molecule has 7 nitrogen and oxygen atoms in total. The number of likely N-dealkylation sites (tertiary alicyclic amines) is 1. The van der Waals surface area contributed by atoms with Crippen molar-refractivity contribution >= 4 is 44.6 Å². The van der Waals surface area contributed by atoms with Gasteiger partial charge < -0.3 is 20.3 Å². The Morgan fingerprint density at radius 3 is 2.68 bits per heavy atom. The molecule has 5 heterocycles. The maximum absolute atomic E-state index is 14.5. The van der Waals surface area contributed by atoms with E-state index in [2.05, 4.69) is 43.0 Å². The topological polar surface area (TPSA) is 91.3 Å². The van der Waals surface area contributed by atoms with Gasteiger partial charge in [0.15, 0.2) is 0 Å². The molecule has 0 bridgehead atoms. The van der Waals surface area contributed by atoms with Crippen molar-refractivity contribution in [2.24, 2.45) is 5.41 Å². The zero-order valence-electron chi connectivity index (χ0n) is 21.9.